The minimum atomic E-state index is -0.0895. The molecule has 1 aromatic heterocycles. The molecule has 0 bridgehead atoms. The van der Waals surface area contributed by atoms with Crippen molar-refractivity contribution in [2.75, 3.05) is 20.5 Å². The molecule has 0 saturated carbocycles. The van der Waals surface area contributed by atoms with Gasteiger partial charge in [-0.15, -0.1) is 0 Å². The van der Waals surface area contributed by atoms with Crippen molar-refractivity contribution in [1.29, 1.82) is 0 Å². The Bertz CT molecular complexity index is 1040. The number of aromatic amines is 1. The summed E-state index contributed by atoms with van der Waals surface area (Å²) in [5.41, 5.74) is 2.11. The van der Waals surface area contributed by atoms with Crippen LogP contribution in [-0.2, 0) is 0 Å². The van der Waals surface area contributed by atoms with Crippen LogP contribution in [0.2, 0.25) is 0 Å². The third kappa shape index (κ3) is 3.43. The molecule has 1 aliphatic rings. The Morgan fingerprint density at radius 3 is 2.59 bits per heavy atom. The summed E-state index contributed by atoms with van der Waals surface area (Å²) >= 11 is 0. The predicted octanol–water partition coefficient (Wildman–Crippen LogP) is 4.11. The van der Waals surface area contributed by atoms with Gasteiger partial charge in [0.1, 0.15) is 11.5 Å². The smallest absolute Gasteiger partial charge is 0.231 e. The van der Waals surface area contributed by atoms with Gasteiger partial charge in [-0.3, -0.25) is 4.79 Å². The van der Waals surface area contributed by atoms with Gasteiger partial charge in [0, 0.05) is 34.8 Å². The van der Waals surface area contributed by atoms with Crippen molar-refractivity contribution in [3.05, 3.63) is 46.6 Å². The molecular weight excluding hydrogens is 346 g/mol. The zero-order chi connectivity index (χ0) is 18.8. The van der Waals surface area contributed by atoms with E-state index in [2.05, 4.69) is 11.9 Å². The Morgan fingerprint density at radius 2 is 1.81 bits per heavy atom. The number of ether oxygens (including phenoxy) is 4. The van der Waals surface area contributed by atoms with Crippen LogP contribution in [-0.4, -0.2) is 25.5 Å². The SMILES string of the molecule is CCCCOc1cc(OC)cc(-c2cc(=O)c3cc4c(cc3[nH]2)OCO4)c1. The van der Waals surface area contributed by atoms with Crippen molar-refractivity contribution in [2.24, 2.45) is 0 Å². The minimum absolute atomic E-state index is 0.0895. The van der Waals surface area contributed by atoms with Gasteiger partial charge in [0.25, 0.3) is 0 Å². The van der Waals surface area contributed by atoms with Crippen LogP contribution in [0.5, 0.6) is 23.0 Å². The van der Waals surface area contributed by atoms with Crippen molar-refractivity contribution >= 4 is 10.9 Å². The zero-order valence-electron chi connectivity index (χ0n) is 15.3. The lowest BCUT2D eigenvalue weighted by atomic mass is 10.1. The monoisotopic (exact) mass is 367 g/mol. The average Bonchev–Trinajstić information content (AvgIpc) is 3.14. The van der Waals surface area contributed by atoms with Gasteiger partial charge in [0.05, 0.1) is 19.2 Å². The Kier molecular flexibility index (Phi) is 4.62. The van der Waals surface area contributed by atoms with Gasteiger partial charge in [0.2, 0.25) is 6.79 Å². The zero-order valence-corrected chi connectivity index (χ0v) is 15.3. The van der Waals surface area contributed by atoms with E-state index in [0.717, 1.165) is 18.4 Å². The van der Waals surface area contributed by atoms with Crippen molar-refractivity contribution in [3.8, 4) is 34.3 Å². The first kappa shape index (κ1) is 17.3. The van der Waals surface area contributed by atoms with E-state index in [1.807, 2.05) is 18.2 Å². The van der Waals surface area contributed by atoms with E-state index in [1.54, 1.807) is 25.3 Å². The van der Waals surface area contributed by atoms with Crippen LogP contribution < -0.4 is 24.4 Å². The van der Waals surface area contributed by atoms with Crippen LogP contribution in [0.4, 0.5) is 0 Å². The number of hydrogen-bond donors (Lipinski definition) is 1. The Labute approximate surface area is 156 Å². The Morgan fingerprint density at radius 1 is 1.04 bits per heavy atom. The van der Waals surface area contributed by atoms with Crippen LogP contribution >= 0.6 is 0 Å². The summed E-state index contributed by atoms with van der Waals surface area (Å²) in [6, 6.07) is 10.7. The standard InChI is InChI=1S/C21H21NO5/c1-3-4-5-25-15-7-13(6-14(8-15)24-2)17-10-19(23)16-9-20-21(27-12-26-20)11-18(16)22-17/h6-11H,3-5,12H2,1-2H3,(H,22,23). The summed E-state index contributed by atoms with van der Waals surface area (Å²) in [6.45, 7) is 2.92. The maximum Gasteiger partial charge on any atom is 0.231 e. The lowest BCUT2D eigenvalue weighted by Gasteiger charge is -2.11. The van der Waals surface area contributed by atoms with E-state index in [-0.39, 0.29) is 12.2 Å². The van der Waals surface area contributed by atoms with Crippen LogP contribution in [0.25, 0.3) is 22.2 Å². The summed E-state index contributed by atoms with van der Waals surface area (Å²) < 4.78 is 22.0. The fraction of sp³-hybridized carbons (Fsp3) is 0.286. The third-order valence-electron chi connectivity index (χ3n) is 4.52. The summed E-state index contributed by atoms with van der Waals surface area (Å²) in [5, 5.41) is 0.560. The largest absolute Gasteiger partial charge is 0.497 e. The molecule has 0 saturated heterocycles. The van der Waals surface area contributed by atoms with Crippen molar-refractivity contribution < 1.29 is 18.9 Å². The van der Waals surface area contributed by atoms with Crippen LogP contribution in [0.15, 0.2) is 41.2 Å². The summed E-state index contributed by atoms with van der Waals surface area (Å²) in [5.74, 6) is 2.60. The molecule has 140 valence electrons. The van der Waals surface area contributed by atoms with E-state index < -0.39 is 0 Å². The second-order valence-electron chi connectivity index (χ2n) is 6.40. The van der Waals surface area contributed by atoms with Crippen LogP contribution in [0.1, 0.15) is 19.8 Å². The molecule has 6 heteroatoms. The number of aromatic nitrogens is 1. The average molecular weight is 367 g/mol. The van der Waals surface area contributed by atoms with E-state index in [4.69, 9.17) is 18.9 Å². The molecule has 0 spiro atoms. The van der Waals surface area contributed by atoms with Gasteiger partial charge in [-0.05, 0) is 24.6 Å². The summed E-state index contributed by atoms with van der Waals surface area (Å²) in [4.78, 5) is 16.0. The highest BCUT2D eigenvalue weighted by Crippen LogP contribution is 2.35. The Balaban J connectivity index is 1.78. The molecule has 0 unspecified atom stereocenters. The van der Waals surface area contributed by atoms with E-state index in [9.17, 15) is 4.79 Å². The lowest BCUT2D eigenvalue weighted by molar-refractivity contribution is 0.174. The fourth-order valence-electron chi connectivity index (χ4n) is 3.06. The van der Waals surface area contributed by atoms with Crippen molar-refractivity contribution in [3.63, 3.8) is 0 Å². The van der Waals surface area contributed by atoms with Gasteiger partial charge in [0.15, 0.2) is 16.9 Å². The third-order valence-corrected chi connectivity index (χ3v) is 4.52. The minimum Gasteiger partial charge on any atom is -0.497 e. The topological polar surface area (TPSA) is 69.8 Å². The predicted molar refractivity (Wildman–Crippen MR) is 103 cm³/mol. The molecule has 6 nitrogen and oxygen atoms in total. The molecule has 2 aromatic carbocycles. The molecule has 1 aliphatic heterocycles. The molecule has 0 aliphatic carbocycles. The lowest BCUT2D eigenvalue weighted by Crippen LogP contribution is -2.03. The highest BCUT2D eigenvalue weighted by molar-refractivity contribution is 5.85. The number of rotatable bonds is 6. The van der Waals surface area contributed by atoms with E-state index in [0.29, 0.717) is 46.2 Å². The number of fused-ring (bicyclic) bond motifs is 2. The molecule has 0 radical (unpaired) electrons. The molecule has 2 heterocycles. The quantitative estimate of drug-likeness (QED) is 0.664. The molecule has 0 fully saturated rings. The van der Waals surface area contributed by atoms with E-state index in [1.165, 1.54) is 0 Å². The maximum absolute atomic E-state index is 12.6. The number of pyridine rings is 1. The molecular formula is C21H21NO5. The summed E-state index contributed by atoms with van der Waals surface area (Å²) in [6.07, 6.45) is 2.04. The molecule has 27 heavy (non-hydrogen) atoms. The maximum atomic E-state index is 12.6. The second-order valence-corrected chi connectivity index (χ2v) is 6.40. The highest BCUT2D eigenvalue weighted by Gasteiger charge is 2.16. The molecule has 1 N–H and O–H groups in total. The van der Waals surface area contributed by atoms with Crippen LogP contribution in [0.3, 0.4) is 0 Å². The number of benzene rings is 2. The number of methoxy groups -OCH3 is 1. The Hall–Kier alpha value is -3.15. The first-order valence-electron chi connectivity index (χ1n) is 8.97. The highest BCUT2D eigenvalue weighted by atomic mass is 16.7. The van der Waals surface area contributed by atoms with Gasteiger partial charge in [-0.1, -0.05) is 13.3 Å². The van der Waals surface area contributed by atoms with Crippen molar-refractivity contribution in [1.82, 2.24) is 4.98 Å². The van der Waals surface area contributed by atoms with Gasteiger partial charge >= 0.3 is 0 Å². The molecule has 4 rings (SSSR count). The summed E-state index contributed by atoms with van der Waals surface area (Å²) in [7, 11) is 1.61. The van der Waals surface area contributed by atoms with Gasteiger partial charge in [-0.2, -0.15) is 0 Å². The first-order chi connectivity index (χ1) is 13.2. The molecule has 3 aromatic rings. The number of hydrogen-bond acceptors (Lipinski definition) is 5. The second kappa shape index (κ2) is 7.23. The van der Waals surface area contributed by atoms with Crippen molar-refractivity contribution in [2.45, 2.75) is 19.8 Å². The molecule has 0 amide bonds. The number of nitrogens with one attached hydrogen (secondary N) is 1. The number of H-pyrrole nitrogens is 1. The normalized spacial score (nSPS) is 12.4. The van der Waals surface area contributed by atoms with Gasteiger partial charge < -0.3 is 23.9 Å². The first-order valence-corrected chi connectivity index (χ1v) is 8.97. The van der Waals surface area contributed by atoms with Gasteiger partial charge in [-0.25, -0.2) is 0 Å². The number of unbranched alkanes of at least 4 members (excludes halogenated alkanes) is 1. The van der Waals surface area contributed by atoms with E-state index >= 15 is 0 Å². The molecule has 0 atom stereocenters. The fourth-order valence-corrected chi connectivity index (χ4v) is 3.06. The van der Waals surface area contributed by atoms with Crippen LogP contribution in [0, 0.1) is 0 Å².